The number of anilines is 1. The summed E-state index contributed by atoms with van der Waals surface area (Å²) in [6, 6.07) is 6.77. The lowest BCUT2D eigenvalue weighted by Crippen LogP contribution is -2.20. The van der Waals surface area contributed by atoms with E-state index in [0.717, 1.165) is 30.8 Å². The van der Waals surface area contributed by atoms with Gasteiger partial charge in [-0.25, -0.2) is 0 Å². The van der Waals surface area contributed by atoms with E-state index in [-0.39, 0.29) is 5.91 Å². The van der Waals surface area contributed by atoms with Crippen LogP contribution in [0, 0.1) is 5.92 Å². The molecule has 4 nitrogen and oxygen atoms in total. The van der Waals surface area contributed by atoms with Crippen molar-refractivity contribution in [3.8, 4) is 0 Å². The van der Waals surface area contributed by atoms with Gasteiger partial charge in [0.2, 0.25) is 5.91 Å². The van der Waals surface area contributed by atoms with Gasteiger partial charge in [0.15, 0.2) is 0 Å². The molecule has 1 amide bonds. The minimum Gasteiger partial charge on any atom is -0.330 e. The first-order chi connectivity index (χ1) is 8.67. The van der Waals surface area contributed by atoms with Crippen LogP contribution in [0.15, 0.2) is 18.2 Å². The van der Waals surface area contributed by atoms with E-state index in [0.29, 0.717) is 18.4 Å². The Balaban J connectivity index is 1.86. The number of nitrogens with zero attached hydrogens (tertiary/aromatic N) is 1. The third-order valence-electron chi connectivity index (χ3n) is 4.11. The molecule has 0 radical (unpaired) electrons. The van der Waals surface area contributed by atoms with Gasteiger partial charge in [-0.05, 0) is 43.1 Å². The first kappa shape index (κ1) is 11.7. The van der Waals surface area contributed by atoms with Gasteiger partial charge in [0.05, 0.1) is 6.42 Å². The third kappa shape index (κ3) is 1.91. The van der Waals surface area contributed by atoms with Gasteiger partial charge in [-0.3, -0.25) is 9.69 Å². The van der Waals surface area contributed by atoms with Crippen molar-refractivity contribution in [2.24, 2.45) is 11.7 Å². The highest BCUT2D eigenvalue weighted by Gasteiger charge is 2.30. The van der Waals surface area contributed by atoms with Crippen molar-refractivity contribution in [2.75, 3.05) is 25.5 Å². The highest BCUT2D eigenvalue weighted by atomic mass is 16.1. The Labute approximate surface area is 107 Å². The number of fused-ring (bicyclic) bond motifs is 1. The van der Waals surface area contributed by atoms with E-state index >= 15 is 0 Å². The van der Waals surface area contributed by atoms with E-state index in [9.17, 15) is 4.79 Å². The van der Waals surface area contributed by atoms with Crippen LogP contribution in [0.5, 0.6) is 0 Å². The highest BCUT2D eigenvalue weighted by molar-refractivity contribution is 5.99. The van der Waals surface area contributed by atoms with Crippen molar-refractivity contribution in [3.63, 3.8) is 0 Å². The van der Waals surface area contributed by atoms with E-state index in [4.69, 9.17) is 5.73 Å². The van der Waals surface area contributed by atoms with Crippen molar-refractivity contribution >= 4 is 11.6 Å². The first-order valence-corrected chi connectivity index (χ1v) is 6.50. The number of hydrogen-bond acceptors (Lipinski definition) is 3. The van der Waals surface area contributed by atoms with Crippen LogP contribution in [0.25, 0.3) is 0 Å². The summed E-state index contributed by atoms with van der Waals surface area (Å²) in [5.41, 5.74) is 9.17. The molecule has 3 rings (SSSR count). The van der Waals surface area contributed by atoms with Crippen LogP contribution in [0.3, 0.4) is 0 Å². The number of nitrogens with two attached hydrogens (primary N) is 1. The SMILES string of the molecule is CN1CC(CN)CC1c1ccc2c(c1)CC(=O)N2. The van der Waals surface area contributed by atoms with Crippen LogP contribution >= 0.6 is 0 Å². The predicted octanol–water partition coefficient (Wildman–Crippen LogP) is 1.13. The van der Waals surface area contributed by atoms with Crippen molar-refractivity contribution in [2.45, 2.75) is 18.9 Å². The fraction of sp³-hybridized carbons (Fsp3) is 0.500. The normalized spacial score (nSPS) is 27.3. The molecular formula is C14H19N3O. The van der Waals surface area contributed by atoms with Gasteiger partial charge >= 0.3 is 0 Å². The highest BCUT2D eigenvalue weighted by Crippen LogP contribution is 2.36. The van der Waals surface area contributed by atoms with E-state index < -0.39 is 0 Å². The number of benzene rings is 1. The molecule has 2 aliphatic rings. The lowest BCUT2D eigenvalue weighted by Gasteiger charge is -2.20. The van der Waals surface area contributed by atoms with Gasteiger partial charge in [-0.1, -0.05) is 12.1 Å². The van der Waals surface area contributed by atoms with Crippen LogP contribution in [-0.4, -0.2) is 30.9 Å². The summed E-state index contributed by atoms with van der Waals surface area (Å²) < 4.78 is 0. The molecule has 1 saturated heterocycles. The quantitative estimate of drug-likeness (QED) is 0.821. The van der Waals surface area contributed by atoms with Crippen LogP contribution in [0.2, 0.25) is 0 Å². The first-order valence-electron chi connectivity index (χ1n) is 6.50. The molecule has 4 heteroatoms. The summed E-state index contributed by atoms with van der Waals surface area (Å²) in [5, 5.41) is 2.87. The number of carbonyl (C=O) groups excluding carboxylic acids is 1. The Kier molecular flexibility index (Phi) is 2.84. The van der Waals surface area contributed by atoms with E-state index in [1.54, 1.807) is 0 Å². The number of amides is 1. The molecule has 2 heterocycles. The van der Waals surface area contributed by atoms with E-state index in [2.05, 4.69) is 29.4 Å². The number of rotatable bonds is 2. The van der Waals surface area contributed by atoms with Crippen LogP contribution in [0.1, 0.15) is 23.6 Å². The van der Waals surface area contributed by atoms with Gasteiger partial charge < -0.3 is 11.1 Å². The average Bonchev–Trinajstić information content (AvgIpc) is 2.89. The molecule has 2 aliphatic heterocycles. The lowest BCUT2D eigenvalue weighted by atomic mass is 9.97. The Morgan fingerprint density at radius 3 is 3.06 bits per heavy atom. The van der Waals surface area contributed by atoms with Gasteiger partial charge in [0, 0.05) is 18.3 Å². The number of carbonyl (C=O) groups is 1. The largest absolute Gasteiger partial charge is 0.330 e. The molecule has 2 unspecified atom stereocenters. The Morgan fingerprint density at radius 1 is 1.50 bits per heavy atom. The third-order valence-corrected chi connectivity index (χ3v) is 4.11. The van der Waals surface area contributed by atoms with Crippen molar-refractivity contribution in [3.05, 3.63) is 29.3 Å². The zero-order valence-corrected chi connectivity index (χ0v) is 10.6. The molecule has 0 aromatic heterocycles. The molecule has 3 N–H and O–H groups in total. The summed E-state index contributed by atoms with van der Waals surface area (Å²) in [6.07, 6.45) is 1.63. The number of nitrogens with one attached hydrogen (secondary N) is 1. The number of likely N-dealkylation sites (tertiary alicyclic amines) is 1. The summed E-state index contributed by atoms with van der Waals surface area (Å²) in [5.74, 6) is 0.690. The zero-order chi connectivity index (χ0) is 12.7. The predicted molar refractivity (Wildman–Crippen MR) is 71.3 cm³/mol. The number of hydrogen-bond donors (Lipinski definition) is 2. The standard InChI is InChI=1S/C14H19N3O/c1-17-8-9(7-15)4-13(17)10-2-3-12-11(5-10)6-14(18)16-12/h2-3,5,9,13H,4,6-8,15H2,1H3,(H,16,18). The molecule has 0 aliphatic carbocycles. The smallest absolute Gasteiger partial charge is 0.228 e. The molecule has 2 atom stereocenters. The van der Waals surface area contributed by atoms with Gasteiger partial charge in [-0.2, -0.15) is 0 Å². The second-order valence-electron chi connectivity index (χ2n) is 5.43. The fourth-order valence-electron chi connectivity index (χ4n) is 3.12. The van der Waals surface area contributed by atoms with Crippen molar-refractivity contribution in [1.82, 2.24) is 4.90 Å². The molecule has 1 aromatic carbocycles. The summed E-state index contributed by atoms with van der Waals surface area (Å²) in [6.45, 7) is 1.82. The lowest BCUT2D eigenvalue weighted by molar-refractivity contribution is -0.115. The molecule has 0 bridgehead atoms. The molecule has 18 heavy (non-hydrogen) atoms. The molecule has 0 spiro atoms. The Morgan fingerprint density at radius 2 is 2.33 bits per heavy atom. The summed E-state index contributed by atoms with van der Waals surface area (Å²) in [7, 11) is 2.15. The maximum Gasteiger partial charge on any atom is 0.228 e. The fourth-order valence-corrected chi connectivity index (χ4v) is 3.12. The zero-order valence-electron chi connectivity index (χ0n) is 10.6. The monoisotopic (exact) mass is 245 g/mol. The summed E-state index contributed by atoms with van der Waals surface area (Å²) in [4.78, 5) is 13.7. The maximum absolute atomic E-state index is 11.4. The molecule has 0 saturated carbocycles. The topological polar surface area (TPSA) is 58.4 Å². The van der Waals surface area contributed by atoms with Crippen LogP contribution in [-0.2, 0) is 11.2 Å². The Hall–Kier alpha value is -1.39. The van der Waals surface area contributed by atoms with Gasteiger partial charge in [0.25, 0.3) is 0 Å². The van der Waals surface area contributed by atoms with E-state index in [1.807, 2.05) is 6.07 Å². The molecule has 1 fully saturated rings. The molecule has 1 aromatic rings. The minimum absolute atomic E-state index is 0.0989. The maximum atomic E-state index is 11.4. The van der Waals surface area contributed by atoms with Gasteiger partial charge in [-0.15, -0.1) is 0 Å². The average molecular weight is 245 g/mol. The Bertz CT molecular complexity index is 486. The minimum atomic E-state index is 0.0989. The second kappa shape index (κ2) is 4.37. The second-order valence-corrected chi connectivity index (χ2v) is 5.43. The van der Waals surface area contributed by atoms with Crippen LogP contribution in [0.4, 0.5) is 5.69 Å². The van der Waals surface area contributed by atoms with Crippen molar-refractivity contribution < 1.29 is 4.79 Å². The molecular weight excluding hydrogens is 226 g/mol. The van der Waals surface area contributed by atoms with E-state index in [1.165, 1.54) is 5.56 Å². The molecule has 96 valence electrons. The van der Waals surface area contributed by atoms with Crippen molar-refractivity contribution in [1.29, 1.82) is 0 Å². The van der Waals surface area contributed by atoms with Crippen LogP contribution < -0.4 is 11.1 Å². The summed E-state index contributed by atoms with van der Waals surface area (Å²) >= 11 is 0. The van der Waals surface area contributed by atoms with Gasteiger partial charge in [0.1, 0.15) is 0 Å².